The van der Waals surface area contributed by atoms with E-state index >= 15 is 0 Å². The van der Waals surface area contributed by atoms with Gasteiger partial charge in [-0.1, -0.05) is 19.9 Å². The second-order valence-corrected chi connectivity index (χ2v) is 7.96. The molecule has 4 N–H and O–H groups in total. The Morgan fingerprint density at radius 1 is 1.24 bits per heavy atom. The average molecular weight is 398 g/mol. The summed E-state index contributed by atoms with van der Waals surface area (Å²) in [5, 5.41) is 10.6. The Labute approximate surface area is 169 Å². The summed E-state index contributed by atoms with van der Waals surface area (Å²) in [7, 11) is 1.52. The molecule has 3 aromatic rings. The molecule has 3 rings (SSSR count). The largest absolute Gasteiger partial charge is 0.495 e. The molecule has 9 heteroatoms. The van der Waals surface area contributed by atoms with Crippen molar-refractivity contribution in [3.63, 3.8) is 0 Å². The number of ether oxygens (including phenoxy) is 2. The number of nitrogens with two attached hydrogens (primary N) is 1. The lowest BCUT2D eigenvalue weighted by atomic mass is 10.1. The Bertz CT molecular complexity index is 1050. The van der Waals surface area contributed by atoms with E-state index in [4.69, 9.17) is 15.2 Å². The first-order valence-electron chi connectivity index (χ1n) is 9.29. The summed E-state index contributed by atoms with van der Waals surface area (Å²) in [6.07, 6.45) is -0.561. The molecule has 0 aliphatic heterocycles. The van der Waals surface area contributed by atoms with Crippen molar-refractivity contribution in [3.8, 4) is 17.0 Å². The molecule has 0 aliphatic rings. The molecule has 2 aromatic heterocycles. The maximum atomic E-state index is 12.1. The number of amides is 1. The molecule has 9 nitrogen and oxygen atoms in total. The maximum absolute atomic E-state index is 12.1. The number of aromatic nitrogens is 4. The number of rotatable bonds is 4. The van der Waals surface area contributed by atoms with E-state index < -0.39 is 11.7 Å². The molecule has 0 bridgehead atoms. The third kappa shape index (κ3) is 4.39. The fraction of sp³-hybridized carbons (Fsp3) is 0.400. The zero-order valence-electron chi connectivity index (χ0n) is 17.5. The number of methoxy groups -OCH3 is 1. The van der Waals surface area contributed by atoms with Crippen LogP contribution in [0.15, 0.2) is 18.2 Å². The lowest BCUT2D eigenvalue weighted by Gasteiger charge is -2.20. The molecule has 0 unspecified atom stereocenters. The first-order valence-corrected chi connectivity index (χ1v) is 9.29. The zero-order chi connectivity index (χ0) is 21.3. The molecule has 29 heavy (non-hydrogen) atoms. The third-order valence-corrected chi connectivity index (χ3v) is 4.10. The number of H-pyrrole nitrogens is 1. The highest BCUT2D eigenvalue weighted by Gasteiger charge is 2.20. The van der Waals surface area contributed by atoms with Crippen LogP contribution in [0.1, 0.15) is 46.4 Å². The first-order chi connectivity index (χ1) is 13.6. The summed E-state index contributed by atoms with van der Waals surface area (Å²) < 4.78 is 10.7. The predicted octanol–water partition coefficient (Wildman–Crippen LogP) is 4.08. The number of aromatic amines is 1. The van der Waals surface area contributed by atoms with Gasteiger partial charge in [-0.15, -0.1) is 0 Å². The topological polar surface area (TPSA) is 128 Å². The fourth-order valence-electron chi connectivity index (χ4n) is 2.80. The smallest absolute Gasteiger partial charge is 0.412 e. The number of fused-ring (bicyclic) bond motifs is 1. The van der Waals surface area contributed by atoms with Gasteiger partial charge in [-0.05, 0) is 32.9 Å². The molecule has 0 radical (unpaired) electrons. The minimum absolute atomic E-state index is 0.139. The number of anilines is 2. The first kappa shape index (κ1) is 20.4. The van der Waals surface area contributed by atoms with Crippen molar-refractivity contribution in [2.45, 2.75) is 46.1 Å². The van der Waals surface area contributed by atoms with E-state index in [1.807, 2.05) is 19.9 Å². The highest BCUT2D eigenvalue weighted by atomic mass is 16.6. The molecule has 0 saturated carbocycles. The van der Waals surface area contributed by atoms with Gasteiger partial charge >= 0.3 is 6.09 Å². The summed E-state index contributed by atoms with van der Waals surface area (Å²) in [5.41, 5.74) is 8.03. The van der Waals surface area contributed by atoms with E-state index in [1.54, 1.807) is 32.9 Å². The van der Waals surface area contributed by atoms with Gasteiger partial charge in [-0.25, -0.2) is 14.8 Å². The van der Waals surface area contributed by atoms with Crippen LogP contribution in [-0.4, -0.2) is 39.0 Å². The summed E-state index contributed by atoms with van der Waals surface area (Å²) >= 11 is 0. The maximum Gasteiger partial charge on any atom is 0.412 e. The standard InChI is InChI=1S/C20H26N6O3/c1-10(2)17-23-16(21)14-15(25-26-18(14)24-17)11-7-8-12(13(9-11)28-6)22-19(27)29-20(3,4)5/h7-10H,1-6H3,(H,22,27)(H3,21,23,24,25,26). The Kier molecular flexibility index (Phi) is 5.32. The van der Waals surface area contributed by atoms with Crippen LogP contribution in [0.4, 0.5) is 16.3 Å². The van der Waals surface area contributed by atoms with Crippen molar-refractivity contribution in [3.05, 3.63) is 24.0 Å². The number of hydrogen-bond donors (Lipinski definition) is 3. The van der Waals surface area contributed by atoms with E-state index in [9.17, 15) is 4.79 Å². The van der Waals surface area contributed by atoms with Gasteiger partial charge in [0, 0.05) is 11.5 Å². The van der Waals surface area contributed by atoms with Gasteiger partial charge < -0.3 is 15.2 Å². The Balaban J connectivity index is 1.97. The van der Waals surface area contributed by atoms with Crippen molar-refractivity contribution in [1.82, 2.24) is 20.2 Å². The van der Waals surface area contributed by atoms with Crippen molar-refractivity contribution in [1.29, 1.82) is 0 Å². The van der Waals surface area contributed by atoms with E-state index in [2.05, 4.69) is 25.5 Å². The zero-order valence-corrected chi connectivity index (χ0v) is 17.5. The quantitative estimate of drug-likeness (QED) is 0.604. The number of carbonyl (C=O) groups excluding carboxylic acids is 1. The van der Waals surface area contributed by atoms with Gasteiger partial charge in [-0.3, -0.25) is 10.4 Å². The normalized spacial score (nSPS) is 11.7. The molecule has 0 saturated heterocycles. The van der Waals surface area contributed by atoms with Crippen molar-refractivity contribution in [2.24, 2.45) is 0 Å². The predicted molar refractivity (Wildman–Crippen MR) is 112 cm³/mol. The Morgan fingerprint density at radius 3 is 2.59 bits per heavy atom. The highest BCUT2D eigenvalue weighted by Crippen LogP contribution is 2.35. The van der Waals surface area contributed by atoms with Gasteiger partial charge in [-0.2, -0.15) is 5.10 Å². The van der Waals surface area contributed by atoms with Crippen LogP contribution in [0.3, 0.4) is 0 Å². The number of carbonyl (C=O) groups is 1. The van der Waals surface area contributed by atoms with Crippen LogP contribution in [0.2, 0.25) is 0 Å². The number of nitrogen functional groups attached to an aromatic ring is 1. The van der Waals surface area contributed by atoms with Crippen molar-refractivity contribution >= 4 is 28.6 Å². The van der Waals surface area contributed by atoms with Crippen LogP contribution in [0, 0.1) is 0 Å². The van der Waals surface area contributed by atoms with Gasteiger partial charge in [0.2, 0.25) is 0 Å². The Hall–Kier alpha value is -3.36. The molecule has 1 aromatic carbocycles. The molecule has 1 amide bonds. The number of benzene rings is 1. The van der Waals surface area contributed by atoms with Crippen LogP contribution in [0.25, 0.3) is 22.3 Å². The van der Waals surface area contributed by atoms with Crippen LogP contribution in [0.5, 0.6) is 5.75 Å². The van der Waals surface area contributed by atoms with Gasteiger partial charge in [0.05, 0.1) is 23.9 Å². The highest BCUT2D eigenvalue weighted by molar-refractivity contribution is 5.98. The molecule has 2 heterocycles. The molecule has 0 aliphatic carbocycles. The monoisotopic (exact) mass is 398 g/mol. The summed E-state index contributed by atoms with van der Waals surface area (Å²) in [4.78, 5) is 20.9. The lowest BCUT2D eigenvalue weighted by molar-refractivity contribution is 0.0635. The minimum atomic E-state index is -0.599. The number of nitrogens with one attached hydrogen (secondary N) is 2. The number of nitrogens with zero attached hydrogens (tertiary/aromatic N) is 3. The fourth-order valence-corrected chi connectivity index (χ4v) is 2.80. The third-order valence-electron chi connectivity index (χ3n) is 4.10. The Morgan fingerprint density at radius 2 is 1.97 bits per heavy atom. The van der Waals surface area contributed by atoms with Crippen LogP contribution in [-0.2, 0) is 4.74 Å². The van der Waals surface area contributed by atoms with Crippen LogP contribution < -0.4 is 15.8 Å². The van der Waals surface area contributed by atoms with Crippen LogP contribution >= 0.6 is 0 Å². The summed E-state index contributed by atoms with van der Waals surface area (Å²) in [5.74, 6) is 1.61. The SMILES string of the molecule is COc1cc(-c2[nH]nc3nc(C(C)C)nc(N)c23)ccc1NC(=O)OC(C)(C)C. The molecule has 0 fully saturated rings. The summed E-state index contributed by atoms with van der Waals surface area (Å²) in [6, 6.07) is 5.32. The van der Waals surface area contributed by atoms with Gasteiger partial charge in [0.15, 0.2) is 5.65 Å². The van der Waals surface area contributed by atoms with E-state index in [0.29, 0.717) is 39.8 Å². The number of hydrogen-bond acceptors (Lipinski definition) is 7. The van der Waals surface area contributed by atoms with Crippen molar-refractivity contribution < 1.29 is 14.3 Å². The van der Waals surface area contributed by atoms with Crippen molar-refractivity contribution in [2.75, 3.05) is 18.2 Å². The molecular formula is C20H26N6O3. The second-order valence-electron chi connectivity index (χ2n) is 7.96. The van der Waals surface area contributed by atoms with Gasteiger partial charge in [0.25, 0.3) is 0 Å². The van der Waals surface area contributed by atoms with E-state index in [1.165, 1.54) is 7.11 Å². The molecule has 0 atom stereocenters. The second kappa shape index (κ2) is 7.57. The average Bonchev–Trinajstić information content (AvgIpc) is 3.05. The molecule has 154 valence electrons. The van der Waals surface area contributed by atoms with E-state index in [0.717, 1.165) is 5.56 Å². The minimum Gasteiger partial charge on any atom is -0.495 e. The molecular weight excluding hydrogens is 372 g/mol. The summed E-state index contributed by atoms with van der Waals surface area (Å²) in [6.45, 7) is 9.39. The molecule has 0 spiro atoms. The van der Waals surface area contributed by atoms with Gasteiger partial charge in [0.1, 0.15) is 23.0 Å². The lowest BCUT2D eigenvalue weighted by Crippen LogP contribution is -2.27. The van der Waals surface area contributed by atoms with E-state index in [-0.39, 0.29) is 5.92 Å².